The Morgan fingerprint density at radius 3 is 2.40 bits per heavy atom. The van der Waals surface area contributed by atoms with Gasteiger partial charge in [0.05, 0.1) is 18.0 Å². The van der Waals surface area contributed by atoms with E-state index in [0.717, 1.165) is 22.4 Å². The Bertz CT molecular complexity index is 1440. The van der Waals surface area contributed by atoms with Crippen LogP contribution in [-0.2, 0) is 15.0 Å². The Morgan fingerprint density at radius 1 is 0.971 bits per heavy atom. The second kappa shape index (κ2) is 7.65. The van der Waals surface area contributed by atoms with E-state index >= 15 is 0 Å². The van der Waals surface area contributed by atoms with Crippen molar-refractivity contribution >= 4 is 46.0 Å². The lowest BCUT2D eigenvalue weighted by Gasteiger charge is -2.39. The van der Waals surface area contributed by atoms with Crippen LogP contribution in [0.5, 0.6) is 0 Å². The molecule has 1 amide bonds. The number of hydrogen-bond donors (Lipinski definition) is 1. The number of hydrogen-bond acceptors (Lipinski definition) is 4. The third-order valence-corrected chi connectivity index (χ3v) is 7.96. The highest BCUT2D eigenvalue weighted by molar-refractivity contribution is 6.30. The molecular formula is C29H23ClN2O3. The standard InChI is InChI=1S/C29H23ClN2O3/c1-16-15-24-29(21-8-4-5-9-22(21)31-28(29)35)25(27(34)18-11-13-19(30)14-12-18)26(17(2)33)32(24)23-10-6-3-7-20(16)23/h3-15,24-26H,1-2H3,(H,31,35)/t24-,25+,26+,29-/m0/s1. The average molecular weight is 483 g/mol. The number of para-hydroxylation sites is 2. The summed E-state index contributed by atoms with van der Waals surface area (Å²) >= 11 is 6.09. The number of Topliss-reactive ketones (excluding diaryl/α,β-unsaturated/α-hetero) is 2. The molecule has 3 aliphatic rings. The average Bonchev–Trinajstić information content (AvgIpc) is 3.32. The molecule has 1 spiro atoms. The summed E-state index contributed by atoms with van der Waals surface area (Å²) < 4.78 is 0. The molecule has 3 aliphatic heterocycles. The zero-order valence-corrected chi connectivity index (χ0v) is 20.0. The number of anilines is 2. The molecule has 0 radical (unpaired) electrons. The molecule has 0 aliphatic carbocycles. The molecule has 3 aromatic rings. The maximum Gasteiger partial charge on any atom is 0.238 e. The molecule has 1 saturated heterocycles. The summed E-state index contributed by atoms with van der Waals surface area (Å²) in [5.41, 5.74) is 3.46. The topological polar surface area (TPSA) is 66.5 Å². The number of nitrogens with one attached hydrogen (secondary N) is 1. The first-order valence-electron chi connectivity index (χ1n) is 11.6. The number of nitrogens with zero attached hydrogens (tertiary/aromatic N) is 1. The van der Waals surface area contributed by atoms with Crippen LogP contribution >= 0.6 is 11.6 Å². The van der Waals surface area contributed by atoms with E-state index < -0.39 is 23.4 Å². The van der Waals surface area contributed by atoms with Crippen molar-refractivity contribution in [2.45, 2.75) is 31.3 Å². The minimum absolute atomic E-state index is 0.154. The Morgan fingerprint density at radius 2 is 1.66 bits per heavy atom. The van der Waals surface area contributed by atoms with Gasteiger partial charge in [0.15, 0.2) is 11.6 Å². The van der Waals surface area contributed by atoms with Crippen molar-refractivity contribution in [3.8, 4) is 0 Å². The Balaban J connectivity index is 1.68. The van der Waals surface area contributed by atoms with E-state index in [2.05, 4.69) is 11.4 Å². The third kappa shape index (κ3) is 2.85. The van der Waals surface area contributed by atoms with Crippen LogP contribution in [0.15, 0.2) is 78.9 Å². The normalized spacial score (nSPS) is 26.0. The van der Waals surface area contributed by atoms with E-state index in [9.17, 15) is 14.4 Å². The molecule has 0 saturated carbocycles. The van der Waals surface area contributed by atoms with Crippen LogP contribution in [0.3, 0.4) is 0 Å². The van der Waals surface area contributed by atoms with Gasteiger partial charge >= 0.3 is 0 Å². The second-order valence-corrected chi connectivity index (χ2v) is 9.93. The first-order chi connectivity index (χ1) is 16.9. The second-order valence-electron chi connectivity index (χ2n) is 9.49. The Hall–Kier alpha value is -3.70. The lowest BCUT2D eigenvalue weighted by Crippen LogP contribution is -2.51. The maximum absolute atomic E-state index is 14.3. The summed E-state index contributed by atoms with van der Waals surface area (Å²) in [7, 11) is 0. The Labute approximate surface area is 208 Å². The predicted octanol–water partition coefficient (Wildman–Crippen LogP) is 5.29. The summed E-state index contributed by atoms with van der Waals surface area (Å²) in [5, 5.41) is 3.54. The number of carbonyl (C=O) groups is 3. The molecule has 1 N–H and O–H groups in total. The van der Waals surface area contributed by atoms with Crippen molar-refractivity contribution in [3.63, 3.8) is 0 Å². The molecular weight excluding hydrogens is 460 g/mol. The zero-order valence-electron chi connectivity index (χ0n) is 19.3. The SMILES string of the molecule is CC(=O)[C@@H]1[C@H](C(=O)c2ccc(Cl)cc2)[C@@]2(C(=O)Nc3ccccc32)[C@@H]2C=C(C)c3ccccc3N12. The quantitative estimate of drug-likeness (QED) is 0.515. The van der Waals surface area contributed by atoms with Crippen LogP contribution in [0.1, 0.15) is 35.3 Å². The Kier molecular flexibility index (Phi) is 4.77. The number of carbonyl (C=O) groups excluding carboxylic acids is 3. The monoisotopic (exact) mass is 482 g/mol. The third-order valence-electron chi connectivity index (χ3n) is 7.71. The van der Waals surface area contributed by atoms with Crippen LogP contribution in [0.25, 0.3) is 5.57 Å². The summed E-state index contributed by atoms with van der Waals surface area (Å²) in [6.45, 7) is 3.52. The number of rotatable bonds is 3. The molecule has 6 rings (SSSR count). The van der Waals surface area contributed by atoms with Gasteiger partial charge in [0.1, 0.15) is 5.41 Å². The van der Waals surface area contributed by atoms with Gasteiger partial charge in [0, 0.05) is 27.5 Å². The molecule has 1 fully saturated rings. The largest absolute Gasteiger partial charge is 0.352 e. The van der Waals surface area contributed by atoms with Crippen LogP contribution < -0.4 is 10.2 Å². The number of allylic oxidation sites excluding steroid dienone is 1. The highest BCUT2D eigenvalue weighted by Gasteiger charge is 2.70. The van der Waals surface area contributed by atoms with Gasteiger partial charge in [-0.3, -0.25) is 14.4 Å². The fourth-order valence-electron chi connectivity index (χ4n) is 6.33. The summed E-state index contributed by atoms with van der Waals surface area (Å²) in [5.74, 6) is -1.58. The summed E-state index contributed by atoms with van der Waals surface area (Å²) in [6, 6.07) is 20.7. The van der Waals surface area contributed by atoms with Gasteiger partial charge in [-0.15, -0.1) is 0 Å². The highest BCUT2D eigenvalue weighted by atomic mass is 35.5. The van der Waals surface area contributed by atoms with Crippen molar-refractivity contribution in [3.05, 3.63) is 101 Å². The molecule has 5 nitrogen and oxygen atoms in total. The van der Waals surface area contributed by atoms with Crippen LogP contribution in [0, 0.1) is 5.92 Å². The van der Waals surface area contributed by atoms with Crippen molar-refractivity contribution < 1.29 is 14.4 Å². The van der Waals surface area contributed by atoms with Crippen LogP contribution in [0.4, 0.5) is 11.4 Å². The number of halogens is 1. The first kappa shape index (κ1) is 21.8. The summed E-state index contributed by atoms with van der Waals surface area (Å²) in [6.07, 6.45) is 2.05. The van der Waals surface area contributed by atoms with Crippen LogP contribution in [0.2, 0.25) is 5.02 Å². The van der Waals surface area contributed by atoms with E-state index in [1.54, 1.807) is 24.3 Å². The molecule has 35 heavy (non-hydrogen) atoms. The van der Waals surface area contributed by atoms with Crippen molar-refractivity contribution in [1.82, 2.24) is 0 Å². The lowest BCUT2D eigenvalue weighted by atomic mass is 9.64. The van der Waals surface area contributed by atoms with Gasteiger partial charge in [-0.25, -0.2) is 0 Å². The van der Waals surface area contributed by atoms with E-state index in [1.807, 2.05) is 60.4 Å². The first-order valence-corrected chi connectivity index (χ1v) is 12.0. The van der Waals surface area contributed by atoms with Gasteiger partial charge in [0.25, 0.3) is 0 Å². The lowest BCUT2D eigenvalue weighted by molar-refractivity contribution is -0.122. The molecule has 0 unspecified atom stereocenters. The highest BCUT2D eigenvalue weighted by Crippen LogP contribution is 2.58. The summed E-state index contributed by atoms with van der Waals surface area (Å²) in [4.78, 5) is 43.7. The molecule has 0 aromatic heterocycles. The molecule has 4 atom stereocenters. The molecule has 3 heterocycles. The van der Waals surface area contributed by atoms with Gasteiger partial charge in [0.2, 0.25) is 5.91 Å². The number of benzene rings is 3. The number of ketones is 2. The van der Waals surface area contributed by atoms with E-state index in [4.69, 9.17) is 11.6 Å². The molecule has 174 valence electrons. The van der Waals surface area contributed by atoms with Crippen molar-refractivity contribution in [1.29, 1.82) is 0 Å². The zero-order chi connectivity index (χ0) is 24.5. The number of amides is 1. The van der Waals surface area contributed by atoms with Gasteiger partial charge in [-0.05, 0) is 61.4 Å². The minimum atomic E-state index is -1.27. The number of fused-ring (bicyclic) bond motifs is 6. The molecule has 0 bridgehead atoms. The van der Waals surface area contributed by atoms with Crippen molar-refractivity contribution in [2.75, 3.05) is 10.2 Å². The predicted molar refractivity (Wildman–Crippen MR) is 137 cm³/mol. The molecule has 6 heteroatoms. The van der Waals surface area contributed by atoms with Crippen LogP contribution in [-0.4, -0.2) is 29.6 Å². The maximum atomic E-state index is 14.3. The van der Waals surface area contributed by atoms with E-state index in [1.165, 1.54) is 6.92 Å². The van der Waals surface area contributed by atoms with Gasteiger partial charge in [-0.2, -0.15) is 0 Å². The molecule has 3 aromatic carbocycles. The van der Waals surface area contributed by atoms with Crippen molar-refractivity contribution in [2.24, 2.45) is 5.92 Å². The minimum Gasteiger partial charge on any atom is -0.352 e. The van der Waals surface area contributed by atoms with E-state index in [-0.39, 0.29) is 17.5 Å². The van der Waals surface area contributed by atoms with Gasteiger partial charge < -0.3 is 10.2 Å². The fourth-order valence-corrected chi connectivity index (χ4v) is 6.46. The fraction of sp³-hybridized carbons (Fsp3) is 0.207. The smallest absolute Gasteiger partial charge is 0.238 e. The van der Waals surface area contributed by atoms with Gasteiger partial charge in [-0.1, -0.05) is 54.1 Å². The van der Waals surface area contributed by atoms with E-state index in [0.29, 0.717) is 16.3 Å².